The van der Waals surface area contributed by atoms with Crippen molar-refractivity contribution < 1.29 is 9.47 Å². The lowest BCUT2D eigenvalue weighted by molar-refractivity contribution is 0.171. The topological polar surface area (TPSA) is 55.7 Å². The first kappa shape index (κ1) is 20.1. The van der Waals surface area contributed by atoms with E-state index in [0.717, 1.165) is 68.0 Å². The van der Waals surface area contributed by atoms with Gasteiger partial charge in [0.05, 0.1) is 5.52 Å². The number of para-hydroxylation sites is 1. The molecule has 2 aromatic carbocycles. The van der Waals surface area contributed by atoms with E-state index in [4.69, 9.17) is 9.47 Å². The fourth-order valence-corrected chi connectivity index (χ4v) is 4.54. The number of ether oxygens (including phenoxy) is 2. The summed E-state index contributed by atoms with van der Waals surface area (Å²) in [6.07, 6.45) is 2.24. The van der Waals surface area contributed by atoms with Gasteiger partial charge in [0.1, 0.15) is 13.2 Å². The quantitative estimate of drug-likeness (QED) is 0.666. The van der Waals surface area contributed by atoms with Crippen molar-refractivity contribution in [3.8, 4) is 11.5 Å². The molecule has 162 valence electrons. The van der Waals surface area contributed by atoms with Crippen molar-refractivity contribution in [2.24, 2.45) is 0 Å². The van der Waals surface area contributed by atoms with E-state index < -0.39 is 0 Å². The standard InChI is InChI=1S/C25H29N3O3/c29-25-8-6-20-3-1-2-4-22(20)28(25)14-13-27-11-9-21(10-12-27)26-18-19-5-7-23-24(17-19)31-16-15-30-23/h1-8,17,21,26H,9-16,18H2. The molecule has 0 radical (unpaired) electrons. The molecule has 0 bridgehead atoms. The molecule has 3 aromatic rings. The molecule has 6 heteroatoms. The number of hydrogen-bond acceptors (Lipinski definition) is 5. The van der Waals surface area contributed by atoms with Crippen molar-refractivity contribution in [2.75, 3.05) is 32.8 Å². The van der Waals surface area contributed by atoms with Gasteiger partial charge in [-0.05, 0) is 61.1 Å². The normalized spacial score (nSPS) is 17.2. The van der Waals surface area contributed by atoms with Crippen molar-refractivity contribution in [1.82, 2.24) is 14.8 Å². The van der Waals surface area contributed by atoms with E-state index in [-0.39, 0.29) is 5.56 Å². The fourth-order valence-electron chi connectivity index (χ4n) is 4.54. The van der Waals surface area contributed by atoms with Crippen molar-refractivity contribution in [3.63, 3.8) is 0 Å². The second-order valence-electron chi connectivity index (χ2n) is 8.36. The molecule has 5 rings (SSSR count). The number of piperidine rings is 1. The average molecular weight is 420 g/mol. The average Bonchev–Trinajstić information content (AvgIpc) is 2.82. The molecular weight excluding hydrogens is 390 g/mol. The molecule has 0 spiro atoms. The molecule has 0 amide bonds. The van der Waals surface area contributed by atoms with E-state index in [2.05, 4.69) is 28.4 Å². The first-order chi connectivity index (χ1) is 15.3. The molecule has 2 aliphatic heterocycles. The van der Waals surface area contributed by atoms with Gasteiger partial charge in [0.15, 0.2) is 11.5 Å². The smallest absolute Gasteiger partial charge is 0.251 e. The van der Waals surface area contributed by atoms with Gasteiger partial charge in [0.2, 0.25) is 0 Å². The summed E-state index contributed by atoms with van der Waals surface area (Å²) in [6, 6.07) is 18.4. The minimum Gasteiger partial charge on any atom is -0.486 e. The molecule has 1 N–H and O–H groups in total. The van der Waals surface area contributed by atoms with Gasteiger partial charge >= 0.3 is 0 Å². The third-order valence-corrected chi connectivity index (χ3v) is 6.33. The number of pyridine rings is 1. The van der Waals surface area contributed by atoms with Gasteiger partial charge in [0, 0.05) is 31.7 Å². The molecule has 31 heavy (non-hydrogen) atoms. The van der Waals surface area contributed by atoms with E-state index in [1.165, 1.54) is 5.56 Å². The van der Waals surface area contributed by atoms with Crippen LogP contribution < -0.4 is 20.3 Å². The summed E-state index contributed by atoms with van der Waals surface area (Å²) in [5, 5.41) is 4.81. The van der Waals surface area contributed by atoms with Gasteiger partial charge in [0.25, 0.3) is 5.56 Å². The van der Waals surface area contributed by atoms with E-state index in [1.807, 2.05) is 34.9 Å². The van der Waals surface area contributed by atoms with Gasteiger partial charge in [-0.25, -0.2) is 0 Å². The van der Waals surface area contributed by atoms with Crippen LogP contribution in [-0.4, -0.2) is 48.4 Å². The SMILES string of the molecule is O=c1ccc2ccccc2n1CCN1CCC(NCc2ccc3c(c2)OCCO3)CC1. The summed E-state index contributed by atoms with van der Waals surface area (Å²) in [5.41, 5.74) is 2.32. The molecular formula is C25H29N3O3. The summed E-state index contributed by atoms with van der Waals surface area (Å²) in [4.78, 5) is 14.9. The fraction of sp³-hybridized carbons (Fsp3) is 0.400. The number of aromatic nitrogens is 1. The molecule has 0 saturated carbocycles. The summed E-state index contributed by atoms with van der Waals surface area (Å²) < 4.78 is 13.2. The predicted octanol–water partition coefficient (Wildman–Crippen LogP) is 3.03. The number of rotatable bonds is 6. The Labute approximate surface area is 182 Å². The van der Waals surface area contributed by atoms with Crippen LogP contribution in [0, 0.1) is 0 Å². The highest BCUT2D eigenvalue weighted by Gasteiger charge is 2.19. The largest absolute Gasteiger partial charge is 0.486 e. The first-order valence-corrected chi connectivity index (χ1v) is 11.2. The molecule has 0 atom stereocenters. The molecule has 3 heterocycles. The zero-order valence-corrected chi connectivity index (χ0v) is 17.8. The van der Waals surface area contributed by atoms with E-state index >= 15 is 0 Å². The highest BCUT2D eigenvalue weighted by atomic mass is 16.6. The highest BCUT2D eigenvalue weighted by Crippen LogP contribution is 2.30. The number of hydrogen-bond donors (Lipinski definition) is 1. The third kappa shape index (κ3) is 4.60. The lowest BCUT2D eigenvalue weighted by Gasteiger charge is -2.32. The summed E-state index contributed by atoms with van der Waals surface area (Å²) in [5.74, 6) is 1.69. The maximum atomic E-state index is 12.4. The van der Waals surface area contributed by atoms with Crippen LogP contribution in [0.15, 0.2) is 59.4 Å². The lowest BCUT2D eigenvalue weighted by atomic mass is 10.0. The molecule has 0 aliphatic carbocycles. The molecule has 2 aliphatic rings. The number of fused-ring (bicyclic) bond motifs is 2. The zero-order valence-electron chi connectivity index (χ0n) is 17.8. The second kappa shape index (κ2) is 9.12. The van der Waals surface area contributed by atoms with Crippen LogP contribution >= 0.6 is 0 Å². The Kier molecular flexibility index (Phi) is 5.91. The Bertz CT molecular complexity index is 1100. The van der Waals surface area contributed by atoms with Crippen molar-refractivity contribution in [3.05, 3.63) is 70.5 Å². The summed E-state index contributed by atoms with van der Waals surface area (Å²) in [7, 11) is 0. The van der Waals surface area contributed by atoms with Crippen LogP contribution in [0.4, 0.5) is 0 Å². The van der Waals surface area contributed by atoms with Crippen LogP contribution in [0.2, 0.25) is 0 Å². The summed E-state index contributed by atoms with van der Waals surface area (Å²) >= 11 is 0. The van der Waals surface area contributed by atoms with Crippen LogP contribution in [0.25, 0.3) is 10.9 Å². The first-order valence-electron chi connectivity index (χ1n) is 11.2. The highest BCUT2D eigenvalue weighted by molar-refractivity contribution is 5.78. The third-order valence-electron chi connectivity index (χ3n) is 6.33. The Morgan fingerprint density at radius 3 is 2.58 bits per heavy atom. The lowest BCUT2D eigenvalue weighted by Crippen LogP contribution is -2.43. The van der Waals surface area contributed by atoms with E-state index in [9.17, 15) is 4.79 Å². The maximum Gasteiger partial charge on any atom is 0.251 e. The van der Waals surface area contributed by atoms with E-state index in [0.29, 0.717) is 19.3 Å². The van der Waals surface area contributed by atoms with Gasteiger partial charge in [-0.1, -0.05) is 24.3 Å². The van der Waals surface area contributed by atoms with Crippen molar-refractivity contribution in [2.45, 2.75) is 32.0 Å². The van der Waals surface area contributed by atoms with Crippen molar-refractivity contribution >= 4 is 10.9 Å². The number of likely N-dealkylation sites (tertiary alicyclic amines) is 1. The minimum absolute atomic E-state index is 0.0784. The zero-order chi connectivity index (χ0) is 21.0. The van der Waals surface area contributed by atoms with Gasteiger partial charge in [-0.15, -0.1) is 0 Å². The number of benzene rings is 2. The minimum atomic E-state index is 0.0784. The van der Waals surface area contributed by atoms with Gasteiger partial charge < -0.3 is 24.3 Å². The van der Waals surface area contributed by atoms with Gasteiger partial charge in [-0.3, -0.25) is 4.79 Å². The Balaban J connectivity index is 1.11. The summed E-state index contributed by atoms with van der Waals surface area (Å²) in [6.45, 7) is 5.83. The van der Waals surface area contributed by atoms with Crippen LogP contribution in [0.3, 0.4) is 0 Å². The van der Waals surface area contributed by atoms with Crippen molar-refractivity contribution in [1.29, 1.82) is 0 Å². The molecule has 0 unspecified atom stereocenters. The Morgan fingerprint density at radius 1 is 0.903 bits per heavy atom. The molecule has 6 nitrogen and oxygen atoms in total. The van der Waals surface area contributed by atoms with Crippen LogP contribution in [-0.2, 0) is 13.1 Å². The number of nitrogens with zero attached hydrogens (tertiary/aromatic N) is 2. The Hall–Kier alpha value is -2.83. The second-order valence-corrected chi connectivity index (χ2v) is 8.36. The maximum absolute atomic E-state index is 12.4. The Morgan fingerprint density at radius 2 is 1.71 bits per heavy atom. The van der Waals surface area contributed by atoms with E-state index in [1.54, 1.807) is 6.07 Å². The van der Waals surface area contributed by atoms with Gasteiger partial charge in [-0.2, -0.15) is 0 Å². The molecule has 1 fully saturated rings. The monoisotopic (exact) mass is 419 g/mol. The molecule has 1 saturated heterocycles. The number of nitrogens with one attached hydrogen (secondary N) is 1. The van der Waals surface area contributed by atoms with Crippen LogP contribution in [0.1, 0.15) is 18.4 Å². The molecule has 1 aromatic heterocycles. The predicted molar refractivity (Wildman–Crippen MR) is 122 cm³/mol. The van der Waals surface area contributed by atoms with Crippen LogP contribution in [0.5, 0.6) is 11.5 Å².